The molecule has 0 saturated heterocycles. The summed E-state index contributed by atoms with van der Waals surface area (Å²) in [4.78, 5) is 2.46. The lowest BCUT2D eigenvalue weighted by molar-refractivity contribution is 0.114. The average Bonchev–Trinajstić information content (AvgIpc) is 2.47. The van der Waals surface area contributed by atoms with Crippen LogP contribution in [0.2, 0.25) is 0 Å². The Labute approximate surface area is 129 Å². The van der Waals surface area contributed by atoms with Gasteiger partial charge in [-0.2, -0.15) is 0 Å². The van der Waals surface area contributed by atoms with Crippen LogP contribution in [0.5, 0.6) is 5.75 Å². The van der Waals surface area contributed by atoms with Gasteiger partial charge in [-0.15, -0.1) is 0 Å². The van der Waals surface area contributed by atoms with Gasteiger partial charge >= 0.3 is 0 Å². The molecule has 1 aromatic carbocycles. The van der Waals surface area contributed by atoms with Crippen LogP contribution >= 0.6 is 0 Å². The molecule has 0 unspecified atom stereocenters. The molecule has 0 amide bonds. The first-order chi connectivity index (χ1) is 10.00. The van der Waals surface area contributed by atoms with Gasteiger partial charge in [0.15, 0.2) is 0 Å². The second kappa shape index (κ2) is 7.28. The van der Waals surface area contributed by atoms with Crippen LogP contribution in [0, 0.1) is 5.41 Å². The van der Waals surface area contributed by atoms with Crippen molar-refractivity contribution in [2.45, 2.75) is 52.1 Å². The van der Waals surface area contributed by atoms with Crippen molar-refractivity contribution >= 4 is 0 Å². The van der Waals surface area contributed by atoms with Crippen molar-refractivity contribution in [1.82, 2.24) is 4.90 Å². The topological polar surface area (TPSA) is 38.5 Å². The molecule has 0 spiro atoms. The Balaban J connectivity index is 1.73. The third-order valence-corrected chi connectivity index (χ3v) is 4.78. The van der Waals surface area contributed by atoms with Gasteiger partial charge in [0.25, 0.3) is 0 Å². The zero-order valence-corrected chi connectivity index (χ0v) is 13.8. The average molecular weight is 290 g/mol. The van der Waals surface area contributed by atoms with Crippen molar-refractivity contribution in [1.29, 1.82) is 0 Å². The van der Waals surface area contributed by atoms with Gasteiger partial charge in [-0.3, -0.25) is 0 Å². The molecule has 118 valence electrons. The normalized spacial score (nSPS) is 18.9. The molecule has 2 rings (SSSR count). The van der Waals surface area contributed by atoms with Gasteiger partial charge < -0.3 is 15.4 Å². The van der Waals surface area contributed by atoms with E-state index in [0.717, 1.165) is 30.5 Å². The molecular formula is C18H30N2O. The van der Waals surface area contributed by atoms with Crippen LogP contribution < -0.4 is 10.5 Å². The number of benzene rings is 1. The summed E-state index contributed by atoms with van der Waals surface area (Å²) in [5.74, 6) is 0.927. The molecule has 1 aliphatic carbocycles. The first-order valence-electron chi connectivity index (χ1n) is 8.12. The number of nitrogens with two attached hydrogens (primary N) is 1. The first-order valence-corrected chi connectivity index (χ1v) is 8.12. The smallest absolute Gasteiger partial charge is 0.119 e. The standard InChI is InChI=1S/C18H30N2O/c1-18(2)9-7-16(8-10-18)20(3)11-12-21-17-6-4-5-15(13-17)14-19/h4-6,13,16H,7-12,14,19H2,1-3H3. The number of ether oxygens (including phenoxy) is 1. The number of likely N-dealkylation sites (N-methyl/N-ethyl adjacent to an activating group) is 1. The van der Waals surface area contributed by atoms with E-state index in [-0.39, 0.29) is 0 Å². The van der Waals surface area contributed by atoms with Crippen LogP contribution in [-0.2, 0) is 6.54 Å². The Morgan fingerprint density at radius 1 is 1.29 bits per heavy atom. The van der Waals surface area contributed by atoms with Crippen molar-refractivity contribution in [3.63, 3.8) is 0 Å². The largest absolute Gasteiger partial charge is 0.492 e. The molecule has 1 aliphatic rings. The summed E-state index contributed by atoms with van der Waals surface area (Å²) >= 11 is 0. The van der Waals surface area contributed by atoms with E-state index < -0.39 is 0 Å². The lowest BCUT2D eigenvalue weighted by Crippen LogP contribution is -2.39. The van der Waals surface area contributed by atoms with Crippen LogP contribution in [0.15, 0.2) is 24.3 Å². The van der Waals surface area contributed by atoms with Gasteiger partial charge in [-0.1, -0.05) is 26.0 Å². The maximum atomic E-state index is 5.85. The molecule has 3 heteroatoms. The van der Waals surface area contributed by atoms with Gasteiger partial charge in [-0.25, -0.2) is 0 Å². The zero-order valence-electron chi connectivity index (χ0n) is 13.8. The highest BCUT2D eigenvalue weighted by molar-refractivity contribution is 5.28. The minimum absolute atomic E-state index is 0.538. The minimum atomic E-state index is 0.538. The number of hydrogen-bond donors (Lipinski definition) is 1. The lowest BCUT2D eigenvalue weighted by Gasteiger charge is -2.38. The quantitative estimate of drug-likeness (QED) is 0.872. The molecule has 0 heterocycles. The molecule has 3 nitrogen and oxygen atoms in total. The molecule has 0 bridgehead atoms. The van der Waals surface area contributed by atoms with E-state index in [0.29, 0.717) is 12.0 Å². The molecule has 1 aromatic rings. The van der Waals surface area contributed by atoms with Crippen LogP contribution in [0.4, 0.5) is 0 Å². The second-order valence-electron chi connectivity index (χ2n) is 7.08. The zero-order chi connectivity index (χ0) is 15.3. The van der Waals surface area contributed by atoms with Gasteiger partial charge in [0, 0.05) is 19.1 Å². The molecule has 2 N–H and O–H groups in total. The van der Waals surface area contributed by atoms with E-state index >= 15 is 0 Å². The summed E-state index contributed by atoms with van der Waals surface area (Å²) in [6.45, 7) is 7.06. The van der Waals surface area contributed by atoms with E-state index in [9.17, 15) is 0 Å². The van der Waals surface area contributed by atoms with E-state index in [4.69, 9.17) is 10.5 Å². The number of rotatable bonds is 6. The summed E-state index contributed by atoms with van der Waals surface area (Å²) in [6.07, 6.45) is 5.29. The molecule has 0 radical (unpaired) electrons. The summed E-state index contributed by atoms with van der Waals surface area (Å²) < 4.78 is 5.85. The lowest BCUT2D eigenvalue weighted by atomic mass is 9.75. The molecule has 21 heavy (non-hydrogen) atoms. The summed E-state index contributed by atoms with van der Waals surface area (Å²) in [7, 11) is 2.22. The highest BCUT2D eigenvalue weighted by Crippen LogP contribution is 2.36. The fourth-order valence-electron chi connectivity index (χ4n) is 3.08. The maximum Gasteiger partial charge on any atom is 0.119 e. The van der Waals surface area contributed by atoms with Gasteiger partial charge in [-0.05, 0) is 55.8 Å². The summed E-state index contributed by atoms with van der Waals surface area (Å²) in [6, 6.07) is 8.79. The highest BCUT2D eigenvalue weighted by Gasteiger charge is 2.28. The van der Waals surface area contributed by atoms with E-state index in [2.05, 4.69) is 25.8 Å². The maximum absolute atomic E-state index is 5.85. The molecule has 0 aliphatic heterocycles. The number of hydrogen-bond acceptors (Lipinski definition) is 3. The summed E-state index contributed by atoms with van der Waals surface area (Å²) in [5.41, 5.74) is 7.31. The Bertz CT molecular complexity index is 435. The van der Waals surface area contributed by atoms with Crippen molar-refractivity contribution < 1.29 is 4.74 Å². The Morgan fingerprint density at radius 3 is 2.67 bits per heavy atom. The number of nitrogens with zero attached hydrogens (tertiary/aromatic N) is 1. The predicted molar refractivity (Wildman–Crippen MR) is 88.5 cm³/mol. The Morgan fingerprint density at radius 2 is 2.00 bits per heavy atom. The van der Waals surface area contributed by atoms with Crippen molar-refractivity contribution in [2.75, 3.05) is 20.2 Å². The molecule has 0 atom stereocenters. The molecule has 1 fully saturated rings. The Hall–Kier alpha value is -1.06. The summed E-state index contributed by atoms with van der Waals surface area (Å²) in [5, 5.41) is 0. The monoisotopic (exact) mass is 290 g/mol. The van der Waals surface area contributed by atoms with Crippen LogP contribution in [0.25, 0.3) is 0 Å². The van der Waals surface area contributed by atoms with Crippen molar-refractivity contribution in [3.8, 4) is 5.75 Å². The fraction of sp³-hybridized carbons (Fsp3) is 0.667. The minimum Gasteiger partial charge on any atom is -0.492 e. The van der Waals surface area contributed by atoms with E-state index in [1.54, 1.807) is 0 Å². The van der Waals surface area contributed by atoms with Crippen LogP contribution in [0.1, 0.15) is 45.1 Å². The van der Waals surface area contributed by atoms with E-state index in [1.807, 2.05) is 24.3 Å². The van der Waals surface area contributed by atoms with Crippen LogP contribution in [-0.4, -0.2) is 31.1 Å². The van der Waals surface area contributed by atoms with Crippen LogP contribution in [0.3, 0.4) is 0 Å². The Kier molecular flexibility index (Phi) is 5.65. The molecule has 1 saturated carbocycles. The SMILES string of the molecule is CN(CCOc1cccc(CN)c1)C1CCC(C)(C)CC1. The molecule has 0 aromatic heterocycles. The third kappa shape index (κ3) is 5.01. The van der Waals surface area contributed by atoms with Gasteiger partial charge in [0.05, 0.1) is 0 Å². The second-order valence-corrected chi connectivity index (χ2v) is 7.08. The highest BCUT2D eigenvalue weighted by atomic mass is 16.5. The van der Waals surface area contributed by atoms with Gasteiger partial charge in [0.1, 0.15) is 12.4 Å². The molecular weight excluding hydrogens is 260 g/mol. The van der Waals surface area contributed by atoms with Crippen molar-refractivity contribution in [3.05, 3.63) is 29.8 Å². The fourth-order valence-corrected chi connectivity index (χ4v) is 3.08. The van der Waals surface area contributed by atoms with E-state index in [1.165, 1.54) is 25.7 Å². The van der Waals surface area contributed by atoms with Crippen molar-refractivity contribution in [2.24, 2.45) is 11.1 Å². The first kappa shape index (κ1) is 16.3. The third-order valence-electron chi connectivity index (χ3n) is 4.78. The van der Waals surface area contributed by atoms with Gasteiger partial charge in [0.2, 0.25) is 0 Å². The predicted octanol–water partition coefficient (Wildman–Crippen LogP) is 3.42.